The summed E-state index contributed by atoms with van der Waals surface area (Å²) in [6, 6.07) is 3.56. The van der Waals surface area contributed by atoms with Crippen molar-refractivity contribution in [2.75, 3.05) is 36.0 Å². The summed E-state index contributed by atoms with van der Waals surface area (Å²) in [7, 11) is 0. The van der Waals surface area contributed by atoms with Crippen molar-refractivity contribution in [3.63, 3.8) is 0 Å². The van der Waals surface area contributed by atoms with Crippen molar-refractivity contribution in [3.8, 4) is 11.5 Å². The van der Waals surface area contributed by atoms with Crippen molar-refractivity contribution in [2.24, 2.45) is 0 Å². The smallest absolute Gasteiger partial charge is 0.245 e. The maximum Gasteiger partial charge on any atom is 0.245 e. The van der Waals surface area contributed by atoms with Crippen LogP contribution in [0.5, 0.6) is 0 Å². The Morgan fingerprint density at radius 3 is 2.41 bits per heavy atom. The van der Waals surface area contributed by atoms with E-state index in [1.54, 1.807) is 18.5 Å². The largest absolute Gasteiger partial charge is 0.364 e. The predicted molar refractivity (Wildman–Crippen MR) is 78.3 cm³/mol. The van der Waals surface area contributed by atoms with Crippen LogP contribution in [0.1, 0.15) is 0 Å². The molecule has 0 amide bonds. The van der Waals surface area contributed by atoms with Crippen LogP contribution in [0.2, 0.25) is 0 Å². The van der Waals surface area contributed by atoms with Crippen molar-refractivity contribution < 1.29 is 4.52 Å². The lowest BCUT2D eigenvalue weighted by Gasteiger charge is -2.33. The number of piperazine rings is 1. The molecular formula is C13H14N8O. The lowest BCUT2D eigenvalue weighted by Crippen LogP contribution is -2.47. The minimum Gasteiger partial charge on any atom is -0.364 e. The number of H-pyrrole nitrogens is 1. The molecule has 1 aliphatic heterocycles. The molecule has 9 heteroatoms. The van der Waals surface area contributed by atoms with E-state index in [9.17, 15) is 0 Å². The molecule has 0 unspecified atom stereocenters. The van der Waals surface area contributed by atoms with E-state index in [1.165, 1.54) is 6.26 Å². The first-order valence-electron chi connectivity index (χ1n) is 7.00. The molecule has 3 aromatic heterocycles. The van der Waals surface area contributed by atoms with Gasteiger partial charge in [-0.1, -0.05) is 5.16 Å². The lowest BCUT2D eigenvalue weighted by atomic mass is 10.3. The van der Waals surface area contributed by atoms with Gasteiger partial charge in [0.1, 0.15) is 6.26 Å². The molecule has 1 fully saturated rings. The van der Waals surface area contributed by atoms with E-state index in [4.69, 9.17) is 4.52 Å². The normalized spacial score (nSPS) is 15.3. The second kappa shape index (κ2) is 5.43. The molecule has 0 aromatic carbocycles. The molecule has 0 radical (unpaired) electrons. The monoisotopic (exact) mass is 298 g/mol. The van der Waals surface area contributed by atoms with Gasteiger partial charge in [-0.2, -0.15) is 4.98 Å². The van der Waals surface area contributed by atoms with Gasteiger partial charge in [-0.05, 0) is 6.07 Å². The second-order valence-corrected chi connectivity index (χ2v) is 4.89. The Balaban J connectivity index is 1.44. The molecule has 0 atom stereocenters. The third kappa shape index (κ3) is 2.36. The molecule has 9 nitrogen and oxygen atoms in total. The number of rotatable bonds is 3. The van der Waals surface area contributed by atoms with E-state index in [2.05, 4.69) is 40.1 Å². The van der Waals surface area contributed by atoms with Crippen LogP contribution in [0.25, 0.3) is 11.5 Å². The first-order valence-corrected chi connectivity index (χ1v) is 7.00. The number of hydrogen-bond donors (Lipinski definition) is 1. The molecule has 0 saturated carbocycles. The average molecular weight is 298 g/mol. The van der Waals surface area contributed by atoms with Gasteiger partial charge in [-0.15, -0.1) is 5.10 Å². The van der Waals surface area contributed by atoms with E-state index in [0.29, 0.717) is 17.5 Å². The summed E-state index contributed by atoms with van der Waals surface area (Å²) < 4.78 is 4.81. The molecule has 1 saturated heterocycles. The highest BCUT2D eigenvalue weighted by Crippen LogP contribution is 2.18. The molecular weight excluding hydrogens is 284 g/mol. The highest BCUT2D eigenvalue weighted by Gasteiger charge is 2.22. The van der Waals surface area contributed by atoms with Crippen LogP contribution >= 0.6 is 0 Å². The topological polar surface area (TPSA) is 99.9 Å². The van der Waals surface area contributed by atoms with Gasteiger partial charge in [0.05, 0.1) is 0 Å². The Morgan fingerprint density at radius 2 is 1.73 bits per heavy atom. The Hall–Kier alpha value is -2.97. The van der Waals surface area contributed by atoms with Crippen LogP contribution in [0.3, 0.4) is 0 Å². The maximum absolute atomic E-state index is 4.81. The average Bonchev–Trinajstić information content (AvgIpc) is 3.27. The number of aromatic nitrogens is 6. The highest BCUT2D eigenvalue weighted by molar-refractivity contribution is 5.50. The third-order valence-electron chi connectivity index (χ3n) is 3.55. The third-order valence-corrected chi connectivity index (χ3v) is 3.55. The van der Waals surface area contributed by atoms with Crippen molar-refractivity contribution in [1.82, 2.24) is 30.3 Å². The van der Waals surface area contributed by atoms with Gasteiger partial charge in [-0.3, -0.25) is 5.10 Å². The first kappa shape index (κ1) is 12.7. The summed E-state index contributed by atoms with van der Waals surface area (Å²) in [6.45, 7) is 3.29. The summed E-state index contributed by atoms with van der Waals surface area (Å²) in [5.41, 5.74) is 0.648. The zero-order valence-electron chi connectivity index (χ0n) is 11.8. The van der Waals surface area contributed by atoms with Crippen molar-refractivity contribution in [2.45, 2.75) is 0 Å². The Bertz CT molecular complexity index is 718. The zero-order valence-corrected chi connectivity index (χ0v) is 11.8. The molecule has 0 aliphatic carbocycles. The number of anilines is 2. The Kier molecular flexibility index (Phi) is 3.15. The van der Waals surface area contributed by atoms with Crippen molar-refractivity contribution in [3.05, 3.63) is 30.8 Å². The van der Waals surface area contributed by atoms with Crippen LogP contribution in [0.15, 0.2) is 35.3 Å². The van der Waals surface area contributed by atoms with E-state index >= 15 is 0 Å². The maximum atomic E-state index is 4.81. The minimum atomic E-state index is 0.609. The lowest BCUT2D eigenvalue weighted by molar-refractivity contribution is 0.422. The molecule has 1 N–H and O–H groups in total. The predicted octanol–water partition coefficient (Wildman–Crippen LogP) is 0.576. The van der Waals surface area contributed by atoms with Crippen LogP contribution in [-0.4, -0.2) is 56.5 Å². The van der Waals surface area contributed by atoms with Gasteiger partial charge in [0.15, 0.2) is 11.5 Å². The Labute approximate surface area is 126 Å². The summed E-state index contributed by atoms with van der Waals surface area (Å²) >= 11 is 0. The molecule has 1 aliphatic rings. The van der Waals surface area contributed by atoms with Gasteiger partial charge in [0, 0.05) is 44.6 Å². The zero-order chi connectivity index (χ0) is 14.8. The molecule has 3 aromatic rings. The molecule has 4 heterocycles. The SMILES string of the molecule is c1cnc(N2CCN(c3n[nH]c(-c4ccon4)n3)CC2)nc1. The number of nitrogens with one attached hydrogen (secondary N) is 1. The van der Waals surface area contributed by atoms with Gasteiger partial charge in [-0.25, -0.2) is 9.97 Å². The minimum absolute atomic E-state index is 0.609. The van der Waals surface area contributed by atoms with Crippen LogP contribution in [0.4, 0.5) is 11.9 Å². The van der Waals surface area contributed by atoms with Crippen molar-refractivity contribution >= 4 is 11.9 Å². The fourth-order valence-corrected chi connectivity index (χ4v) is 2.40. The fraction of sp³-hybridized carbons (Fsp3) is 0.308. The molecule has 22 heavy (non-hydrogen) atoms. The summed E-state index contributed by atoms with van der Waals surface area (Å²) in [6.07, 6.45) is 5.03. The van der Waals surface area contributed by atoms with Crippen LogP contribution in [0, 0.1) is 0 Å². The van der Waals surface area contributed by atoms with E-state index in [0.717, 1.165) is 32.1 Å². The fourth-order valence-electron chi connectivity index (χ4n) is 2.40. The molecule has 0 spiro atoms. The molecule has 0 bridgehead atoms. The number of hydrogen-bond acceptors (Lipinski definition) is 8. The van der Waals surface area contributed by atoms with E-state index < -0.39 is 0 Å². The van der Waals surface area contributed by atoms with Crippen LogP contribution in [-0.2, 0) is 0 Å². The summed E-state index contributed by atoms with van der Waals surface area (Å²) in [5, 5.41) is 11.0. The number of aromatic amines is 1. The standard InChI is InChI=1S/C13H14N8O/c1-3-14-12(15-4-1)20-5-7-21(8-6-20)13-16-11(17-18-13)10-2-9-22-19-10/h1-4,9H,5-8H2,(H,16,17,18). The van der Waals surface area contributed by atoms with Gasteiger partial charge in [0.2, 0.25) is 11.9 Å². The molecule has 112 valence electrons. The Morgan fingerprint density at radius 1 is 1.00 bits per heavy atom. The van der Waals surface area contributed by atoms with Gasteiger partial charge >= 0.3 is 0 Å². The summed E-state index contributed by atoms with van der Waals surface area (Å²) in [5.74, 6) is 2.05. The summed E-state index contributed by atoms with van der Waals surface area (Å²) in [4.78, 5) is 17.3. The van der Waals surface area contributed by atoms with Crippen molar-refractivity contribution in [1.29, 1.82) is 0 Å². The first-order chi connectivity index (χ1) is 10.9. The van der Waals surface area contributed by atoms with E-state index in [-0.39, 0.29) is 0 Å². The quantitative estimate of drug-likeness (QED) is 0.749. The highest BCUT2D eigenvalue weighted by atomic mass is 16.5. The number of nitrogens with zero attached hydrogens (tertiary/aromatic N) is 7. The van der Waals surface area contributed by atoms with Gasteiger partial charge < -0.3 is 14.3 Å². The van der Waals surface area contributed by atoms with Gasteiger partial charge in [0.25, 0.3) is 0 Å². The molecule has 4 rings (SSSR count). The van der Waals surface area contributed by atoms with Crippen LogP contribution < -0.4 is 9.80 Å². The van der Waals surface area contributed by atoms with E-state index in [1.807, 2.05) is 6.07 Å². The second-order valence-electron chi connectivity index (χ2n) is 4.89.